The minimum absolute atomic E-state index is 0.577. The molecule has 94 valence electrons. The minimum Gasteiger partial charge on any atom is -0.619 e. The summed E-state index contributed by atoms with van der Waals surface area (Å²) in [5.41, 5.74) is 2.27. The molecule has 0 atom stereocenters. The summed E-state index contributed by atoms with van der Waals surface area (Å²) in [7, 11) is 0. The molecule has 0 unspecified atom stereocenters. The lowest BCUT2D eigenvalue weighted by atomic mass is 10.1. The first-order valence-electron chi connectivity index (χ1n) is 5.46. The molecule has 0 amide bonds. The molecular weight excluding hydrogens is 266 g/mol. The maximum absolute atomic E-state index is 11.4. The maximum atomic E-state index is 11.4. The van der Waals surface area contributed by atoms with Gasteiger partial charge in [0.2, 0.25) is 0 Å². The zero-order valence-electron chi connectivity index (χ0n) is 9.64. The molecule has 0 N–H and O–H groups in total. The molecule has 3 rings (SSSR count). The monoisotopic (exact) mass is 273 g/mol. The van der Waals surface area contributed by atoms with Crippen LogP contribution in [-0.4, -0.2) is 20.2 Å². The van der Waals surface area contributed by atoms with Gasteiger partial charge in [-0.3, -0.25) is 0 Å². The van der Waals surface area contributed by atoms with E-state index in [9.17, 15) is 5.21 Å². The first kappa shape index (κ1) is 11.6. The Kier molecular flexibility index (Phi) is 2.85. The third-order valence-electron chi connectivity index (χ3n) is 2.64. The zero-order chi connectivity index (χ0) is 13.2. The number of halogens is 1. The summed E-state index contributed by atoms with van der Waals surface area (Å²) < 4.78 is 2.26. The normalized spacial score (nSPS) is 10.6. The van der Waals surface area contributed by atoms with Crippen molar-refractivity contribution in [2.75, 3.05) is 0 Å². The average molecular weight is 274 g/mol. The molecule has 0 saturated heterocycles. The van der Waals surface area contributed by atoms with Gasteiger partial charge in [-0.1, -0.05) is 11.6 Å². The largest absolute Gasteiger partial charge is 0.619 e. The van der Waals surface area contributed by atoms with Gasteiger partial charge in [-0.15, -0.1) is 5.10 Å². The Hall–Kier alpha value is -2.47. The fraction of sp³-hybridized carbons (Fsp3) is 0. The number of benzene rings is 1. The van der Waals surface area contributed by atoms with E-state index in [-0.39, 0.29) is 0 Å². The van der Waals surface area contributed by atoms with Crippen LogP contribution in [0, 0.1) is 5.21 Å². The van der Waals surface area contributed by atoms with Crippen molar-refractivity contribution in [1.82, 2.24) is 20.2 Å². The van der Waals surface area contributed by atoms with Crippen LogP contribution < -0.4 is 4.73 Å². The summed E-state index contributed by atoms with van der Waals surface area (Å²) in [5.74, 6) is 0. The van der Waals surface area contributed by atoms with Crippen molar-refractivity contribution in [3.63, 3.8) is 0 Å². The molecule has 3 aromatic rings. The van der Waals surface area contributed by atoms with E-state index in [2.05, 4.69) is 15.5 Å². The predicted molar refractivity (Wildman–Crippen MR) is 68.6 cm³/mol. The lowest BCUT2D eigenvalue weighted by molar-refractivity contribution is -0.604. The van der Waals surface area contributed by atoms with Crippen LogP contribution in [0.2, 0.25) is 5.02 Å². The summed E-state index contributed by atoms with van der Waals surface area (Å²) in [6, 6.07) is 8.82. The van der Waals surface area contributed by atoms with Gasteiger partial charge in [0.1, 0.15) is 6.33 Å². The predicted octanol–water partition coefficient (Wildman–Crippen LogP) is 1.62. The van der Waals surface area contributed by atoms with Gasteiger partial charge in [0.25, 0.3) is 0 Å². The average Bonchev–Trinajstić information content (AvgIpc) is 2.92. The van der Waals surface area contributed by atoms with Crippen molar-refractivity contribution in [2.45, 2.75) is 0 Å². The van der Waals surface area contributed by atoms with Gasteiger partial charge in [-0.05, 0) is 34.7 Å². The highest BCUT2D eigenvalue weighted by Crippen LogP contribution is 2.28. The van der Waals surface area contributed by atoms with E-state index in [4.69, 9.17) is 11.6 Å². The molecule has 7 heteroatoms. The highest BCUT2D eigenvalue weighted by molar-refractivity contribution is 6.31. The quantitative estimate of drug-likeness (QED) is 0.525. The van der Waals surface area contributed by atoms with E-state index in [1.807, 2.05) is 6.07 Å². The van der Waals surface area contributed by atoms with Crippen LogP contribution in [0.4, 0.5) is 0 Å². The molecule has 1 aromatic carbocycles. The Morgan fingerprint density at radius 3 is 2.89 bits per heavy atom. The topological polar surface area (TPSA) is 70.5 Å². The van der Waals surface area contributed by atoms with E-state index in [1.54, 1.807) is 24.3 Å². The summed E-state index contributed by atoms with van der Waals surface area (Å²) in [5, 5.41) is 23.0. The van der Waals surface area contributed by atoms with E-state index in [1.165, 1.54) is 23.4 Å². The number of pyridine rings is 1. The number of nitrogens with zero attached hydrogens (tertiary/aromatic N) is 5. The molecule has 2 heterocycles. The molecule has 0 aliphatic carbocycles. The van der Waals surface area contributed by atoms with Crippen LogP contribution in [0.25, 0.3) is 16.8 Å². The van der Waals surface area contributed by atoms with Gasteiger partial charge in [0.15, 0.2) is 12.4 Å². The van der Waals surface area contributed by atoms with Crippen LogP contribution in [0.15, 0.2) is 49.1 Å². The fourth-order valence-corrected chi connectivity index (χ4v) is 2.00. The van der Waals surface area contributed by atoms with Crippen LogP contribution in [-0.2, 0) is 0 Å². The van der Waals surface area contributed by atoms with Crippen LogP contribution in [0.5, 0.6) is 0 Å². The molecule has 0 bridgehead atoms. The maximum Gasteiger partial charge on any atom is 0.188 e. The van der Waals surface area contributed by atoms with Crippen LogP contribution in [0.3, 0.4) is 0 Å². The second kappa shape index (κ2) is 4.66. The van der Waals surface area contributed by atoms with Crippen molar-refractivity contribution in [3.8, 4) is 16.8 Å². The van der Waals surface area contributed by atoms with Crippen molar-refractivity contribution in [1.29, 1.82) is 0 Å². The number of hydrogen-bond acceptors (Lipinski definition) is 4. The van der Waals surface area contributed by atoms with E-state index >= 15 is 0 Å². The molecule has 0 saturated carbocycles. The highest BCUT2D eigenvalue weighted by Gasteiger charge is 2.11. The van der Waals surface area contributed by atoms with Gasteiger partial charge in [-0.25, -0.2) is 0 Å². The molecule has 19 heavy (non-hydrogen) atoms. The number of tetrazole rings is 1. The Labute approximate surface area is 113 Å². The van der Waals surface area contributed by atoms with Gasteiger partial charge in [-0.2, -0.15) is 9.41 Å². The molecule has 0 aliphatic rings. The van der Waals surface area contributed by atoms with Crippen molar-refractivity contribution >= 4 is 11.6 Å². The minimum atomic E-state index is 0.577. The lowest BCUT2D eigenvalue weighted by Crippen LogP contribution is -2.24. The summed E-state index contributed by atoms with van der Waals surface area (Å²) in [6.07, 6.45) is 4.38. The van der Waals surface area contributed by atoms with E-state index < -0.39 is 0 Å². The molecule has 2 aromatic heterocycles. The summed E-state index contributed by atoms with van der Waals surface area (Å²) >= 11 is 6.02. The third kappa shape index (κ3) is 2.25. The Bertz CT molecular complexity index is 714. The molecule has 6 nitrogen and oxygen atoms in total. The second-order valence-corrected chi connectivity index (χ2v) is 4.30. The number of rotatable bonds is 2. The SMILES string of the molecule is [O-][n+]1cccc(-c2cc(Cl)ccc2-n2cnnn2)c1. The first-order chi connectivity index (χ1) is 9.24. The fourth-order valence-electron chi connectivity index (χ4n) is 1.82. The van der Waals surface area contributed by atoms with E-state index in [0.29, 0.717) is 5.02 Å². The standard InChI is InChI=1S/C12H8ClN5O/c13-10-3-4-12(18-8-14-15-16-18)11(6-10)9-2-1-5-17(19)7-9/h1-8H. The van der Waals surface area contributed by atoms with Gasteiger partial charge in [0, 0.05) is 22.2 Å². The van der Waals surface area contributed by atoms with Gasteiger partial charge in [0.05, 0.1) is 5.69 Å². The van der Waals surface area contributed by atoms with Gasteiger partial charge < -0.3 is 5.21 Å². The smallest absolute Gasteiger partial charge is 0.188 e. The van der Waals surface area contributed by atoms with Crippen LogP contribution >= 0.6 is 11.6 Å². The Morgan fingerprint density at radius 1 is 1.26 bits per heavy atom. The molecular formula is C12H8ClN5O. The van der Waals surface area contributed by atoms with Crippen molar-refractivity contribution in [2.24, 2.45) is 0 Å². The van der Waals surface area contributed by atoms with Crippen molar-refractivity contribution in [3.05, 3.63) is 59.3 Å². The number of hydrogen-bond donors (Lipinski definition) is 0. The second-order valence-electron chi connectivity index (χ2n) is 3.87. The van der Waals surface area contributed by atoms with Crippen LogP contribution in [0.1, 0.15) is 0 Å². The summed E-state index contributed by atoms with van der Waals surface area (Å²) in [6.45, 7) is 0. The molecule has 0 fully saturated rings. The Morgan fingerprint density at radius 2 is 2.16 bits per heavy atom. The van der Waals surface area contributed by atoms with Crippen molar-refractivity contribution < 1.29 is 4.73 Å². The highest BCUT2D eigenvalue weighted by atomic mass is 35.5. The molecule has 0 aliphatic heterocycles. The lowest BCUT2D eigenvalue weighted by Gasteiger charge is -2.08. The first-order valence-corrected chi connectivity index (χ1v) is 5.84. The Balaban J connectivity index is 2.22. The van der Waals surface area contributed by atoms with Gasteiger partial charge >= 0.3 is 0 Å². The number of aromatic nitrogens is 5. The summed E-state index contributed by atoms with van der Waals surface area (Å²) in [4.78, 5) is 0. The van der Waals surface area contributed by atoms with E-state index in [0.717, 1.165) is 21.5 Å². The third-order valence-corrected chi connectivity index (χ3v) is 2.88. The molecule has 0 spiro atoms. The zero-order valence-corrected chi connectivity index (χ0v) is 10.4. The molecule has 0 radical (unpaired) electrons.